The molecule has 1 aromatic heterocycles. The van der Waals surface area contributed by atoms with Crippen LogP contribution in [0.4, 0.5) is 31.5 Å². The van der Waals surface area contributed by atoms with Crippen LogP contribution in [-0.4, -0.2) is 28.3 Å². The number of amides is 1. The number of benzene rings is 2. The Kier molecular flexibility index (Phi) is 5.75. The first-order valence-electron chi connectivity index (χ1n) is 11.8. The highest BCUT2D eigenvalue weighted by Crippen LogP contribution is 2.45. The second-order valence-electron chi connectivity index (χ2n) is 9.42. The second-order valence-corrected chi connectivity index (χ2v) is 9.42. The van der Waals surface area contributed by atoms with Gasteiger partial charge in [-0.15, -0.1) is 0 Å². The Bertz CT molecular complexity index is 1250. The third-order valence-electron chi connectivity index (χ3n) is 6.54. The van der Waals surface area contributed by atoms with Gasteiger partial charge in [-0.05, 0) is 69.0 Å². The number of fused-ring (bicyclic) bond motifs is 2. The molecule has 0 saturated heterocycles. The Morgan fingerprint density at radius 3 is 2.76 bits per heavy atom. The first kappa shape index (κ1) is 22.4. The van der Waals surface area contributed by atoms with Gasteiger partial charge in [-0.3, -0.25) is 9.48 Å². The van der Waals surface area contributed by atoms with Crippen molar-refractivity contribution >= 4 is 28.7 Å². The van der Waals surface area contributed by atoms with E-state index in [9.17, 15) is 13.6 Å². The monoisotopic (exact) mass is 469 g/mol. The van der Waals surface area contributed by atoms with Crippen LogP contribution in [-0.2, 0) is 11.2 Å². The van der Waals surface area contributed by atoms with Crippen LogP contribution in [0.15, 0.2) is 42.7 Å². The number of nitrogens with one attached hydrogen (secondary N) is 2. The van der Waals surface area contributed by atoms with Crippen molar-refractivity contribution in [2.24, 2.45) is 0 Å². The predicted molar refractivity (Wildman–Crippen MR) is 135 cm³/mol. The summed E-state index contributed by atoms with van der Waals surface area (Å²) in [5, 5.41) is 10.8. The zero-order valence-corrected chi connectivity index (χ0v) is 19.6. The summed E-state index contributed by atoms with van der Waals surface area (Å²) in [5.74, 6) is -0.0403. The fourth-order valence-corrected chi connectivity index (χ4v) is 4.89. The normalized spacial score (nSPS) is 17.8. The van der Waals surface area contributed by atoms with Crippen molar-refractivity contribution in [1.82, 2.24) is 9.78 Å². The Balaban J connectivity index is 0.00000180. The molecule has 34 heavy (non-hydrogen) atoms. The number of rotatable bonds is 4. The average molecular weight is 470 g/mol. The Labute approximate surface area is 200 Å². The summed E-state index contributed by atoms with van der Waals surface area (Å²) >= 11 is 0. The molecule has 0 unspecified atom stereocenters. The number of anilines is 4. The number of alkyl halides is 2. The summed E-state index contributed by atoms with van der Waals surface area (Å²) in [7, 11) is 0. The van der Waals surface area contributed by atoms with E-state index in [0.717, 1.165) is 35.5 Å². The number of para-hydroxylation sites is 1. The van der Waals surface area contributed by atoms with Crippen molar-refractivity contribution < 1.29 is 16.4 Å². The van der Waals surface area contributed by atoms with Gasteiger partial charge in [0.15, 0.2) is 0 Å². The first-order chi connectivity index (χ1) is 16.3. The molecule has 3 heterocycles. The maximum absolute atomic E-state index is 14.3. The minimum atomic E-state index is -2.61. The lowest BCUT2D eigenvalue weighted by molar-refractivity contribution is -0.116. The summed E-state index contributed by atoms with van der Waals surface area (Å²) in [4.78, 5) is 14.3. The van der Waals surface area contributed by atoms with Crippen LogP contribution in [0.1, 0.15) is 60.1 Å². The lowest BCUT2D eigenvalue weighted by Gasteiger charge is -2.34. The number of aryl methyl sites for hydroxylation is 1. The number of hydrogen-bond donors (Lipinski definition) is 2. The molecule has 0 aliphatic carbocycles. The van der Waals surface area contributed by atoms with E-state index >= 15 is 0 Å². The molecular formula is C26H33F2N5O. The molecule has 3 aromatic rings. The Hall–Kier alpha value is -3.42. The van der Waals surface area contributed by atoms with Gasteiger partial charge in [-0.2, -0.15) is 5.10 Å². The Morgan fingerprint density at radius 2 is 2.03 bits per heavy atom. The molecule has 1 amide bonds. The lowest BCUT2D eigenvalue weighted by atomic mass is 9.92. The second kappa shape index (κ2) is 8.74. The van der Waals surface area contributed by atoms with E-state index in [2.05, 4.69) is 20.6 Å². The zero-order valence-electron chi connectivity index (χ0n) is 19.6. The molecule has 0 spiro atoms. The molecule has 182 valence electrons. The molecule has 0 saturated carbocycles. The summed E-state index contributed by atoms with van der Waals surface area (Å²) < 4.78 is 30.4. The van der Waals surface area contributed by atoms with Gasteiger partial charge in [0.1, 0.15) is 0 Å². The van der Waals surface area contributed by atoms with E-state index in [1.165, 1.54) is 0 Å². The van der Waals surface area contributed by atoms with Crippen LogP contribution < -0.4 is 15.5 Å². The molecule has 2 aliphatic heterocycles. The molecule has 0 radical (unpaired) electrons. The van der Waals surface area contributed by atoms with Crippen LogP contribution in [0.25, 0.3) is 11.1 Å². The number of carbonyl (C=O) groups is 1. The summed E-state index contributed by atoms with van der Waals surface area (Å²) in [6.07, 6.45) is 2.97. The van der Waals surface area contributed by atoms with E-state index in [0.29, 0.717) is 29.8 Å². The number of aromatic nitrogens is 2. The van der Waals surface area contributed by atoms with Gasteiger partial charge in [-0.25, -0.2) is 8.78 Å². The van der Waals surface area contributed by atoms with Crippen molar-refractivity contribution in [1.29, 1.82) is 0 Å². The van der Waals surface area contributed by atoms with Gasteiger partial charge >= 0.3 is 0 Å². The fraction of sp³-hybridized carbons (Fsp3) is 0.385. The Morgan fingerprint density at radius 1 is 1.21 bits per heavy atom. The average Bonchev–Trinajstić information content (AvgIpc) is 3.23. The SMILES string of the molecule is CC(C)n1cc(-c2cc3c(cc2C(F)F)N(c2cccc4c2N[C@@H](C)CC(=O)N4)CCC3)cn1.[HH].[HH]. The summed E-state index contributed by atoms with van der Waals surface area (Å²) in [6, 6.07) is 9.40. The van der Waals surface area contributed by atoms with Crippen molar-refractivity contribution in [2.45, 2.75) is 58.5 Å². The van der Waals surface area contributed by atoms with Crippen LogP contribution in [0.3, 0.4) is 0 Å². The fourth-order valence-electron chi connectivity index (χ4n) is 4.89. The van der Waals surface area contributed by atoms with Crippen LogP contribution in [0.5, 0.6) is 0 Å². The highest BCUT2D eigenvalue weighted by molar-refractivity contribution is 6.00. The number of hydrogen-bond acceptors (Lipinski definition) is 4. The van der Waals surface area contributed by atoms with Crippen LogP contribution in [0.2, 0.25) is 0 Å². The highest BCUT2D eigenvalue weighted by Gasteiger charge is 2.28. The third kappa shape index (κ3) is 4.02. The number of carbonyl (C=O) groups excluding carboxylic acids is 1. The molecule has 8 heteroatoms. The van der Waals surface area contributed by atoms with Gasteiger partial charge in [0, 0.05) is 50.9 Å². The molecule has 2 aliphatic rings. The largest absolute Gasteiger partial charge is 0.379 e. The predicted octanol–water partition coefficient (Wildman–Crippen LogP) is 6.79. The van der Waals surface area contributed by atoms with Gasteiger partial charge in [0.25, 0.3) is 6.43 Å². The smallest absolute Gasteiger partial charge is 0.264 e. The van der Waals surface area contributed by atoms with E-state index in [1.807, 2.05) is 51.2 Å². The molecule has 1 atom stereocenters. The molecular weight excluding hydrogens is 436 g/mol. The van der Waals surface area contributed by atoms with Crippen LogP contribution in [0, 0.1) is 0 Å². The van der Waals surface area contributed by atoms with Gasteiger partial charge < -0.3 is 15.5 Å². The van der Waals surface area contributed by atoms with Crippen molar-refractivity contribution in [3.8, 4) is 11.1 Å². The first-order valence-corrected chi connectivity index (χ1v) is 11.8. The van der Waals surface area contributed by atoms with E-state index in [-0.39, 0.29) is 26.4 Å². The third-order valence-corrected chi connectivity index (χ3v) is 6.54. The quantitative estimate of drug-likeness (QED) is 0.442. The van der Waals surface area contributed by atoms with Gasteiger partial charge in [0.2, 0.25) is 5.91 Å². The summed E-state index contributed by atoms with van der Waals surface area (Å²) in [6.45, 7) is 6.69. The molecule has 6 nitrogen and oxygen atoms in total. The van der Waals surface area contributed by atoms with Crippen LogP contribution >= 0.6 is 0 Å². The van der Waals surface area contributed by atoms with E-state index < -0.39 is 6.43 Å². The maximum atomic E-state index is 14.3. The van der Waals surface area contributed by atoms with Crippen molar-refractivity contribution in [3.05, 3.63) is 53.9 Å². The lowest BCUT2D eigenvalue weighted by Crippen LogP contribution is -2.26. The molecule has 2 aromatic carbocycles. The minimum Gasteiger partial charge on any atom is -0.379 e. The zero-order chi connectivity index (χ0) is 24.0. The summed E-state index contributed by atoms with van der Waals surface area (Å²) in [5.41, 5.74) is 5.49. The van der Waals surface area contributed by atoms with Gasteiger partial charge in [0.05, 0.1) is 23.3 Å². The highest BCUT2D eigenvalue weighted by atomic mass is 19.3. The van der Waals surface area contributed by atoms with E-state index in [4.69, 9.17) is 0 Å². The molecule has 0 bridgehead atoms. The van der Waals surface area contributed by atoms with E-state index in [1.54, 1.807) is 16.9 Å². The minimum absolute atomic E-state index is 0. The topological polar surface area (TPSA) is 62.2 Å². The molecule has 2 N–H and O–H groups in total. The molecule has 0 fully saturated rings. The van der Waals surface area contributed by atoms with Gasteiger partial charge in [-0.1, -0.05) is 6.07 Å². The van der Waals surface area contributed by atoms with Crippen molar-refractivity contribution in [2.75, 3.05) is 22.1 Å². The standard InChI is InChI=1S/C26H29F2N5O.2H2/c1-15(2)33-14-18(13-29-33)19-11-17-6-5-9-32(23(17)12-20(19)26(27)28)22-8-4-7-21-25(22)30-16(3)10-24(34)31-21;;/h4,7-8,11-16,26,30H,5-6,9-10H2,1-3H3,(H,31,34);2*1H/t16-;;/m0../s1. The number of nitrogens with zero attached hydrogens (tertiary/aromatic N) is 3. The molecule has 5 rings (SSSR count). The maximum Gasteiger partial charge on any atom is 0.264 e. The number of halogens is 2. The van der Waals surface area contributed by atoms with Crippen molar-refractivity contribution in [3.63, 3.8) is 0 Å².